The van der Waals surface area contributed by atoms with Crippen LogP contribution in [0.1, 0.15) is 25.8 Å². The highest BCUT2D eigenvalue weighted by molar-refractivity contribution is 5.97. The lowest BCUT2D eigenvalue weighted by atomic mass is 9.98. The minimum atomic E-state index is -0.543. The number of rotatable bonds is 4. The largest absolute Gasteiger partial charge is 0.342 e. The molecule has 1 aromatic rings. The molecule has 1 aromatic carbocycles. The number of carbonyl (C=O) groups excluding carboxylic acids is 2. The standard InChI is InChI=1S/C17H20N2O2/c1-4-14(5-2)19-12(3)16(20)18-15(17(19)21)11-13-9-7-6-8-10-13/h1,6-10,12,14-15H,5,11H2,2-3H3,(H,18,20). The zero-order chi connectivity index (χ0) is 15.4. The van der Waals surface area contributed by atoms with Gasteiger partial charge in [0, 0.05) is 6.42 Å². The second-order valence-corrected chi connectivity index (χ2v) is 5.26. The number of hydrogen-bond acceptors (Lipinski definition) is 2. The summed E-state index contributed by atoms with van der Waals surface area (Å²) >= 11 is 0. The fourth-order valence-electron chi connectivity index (χ4n) is 2.66. The second kappa shape index (κ2) is 6.45. The Balaban J connectivity index is 2.22. The second-order valence-electron chi connectivity index (χ2n) is 5.26. The van der Waals surface area contributed by atoms with Crippen LogP contribution in [0.15, 0.2) is 30.3 Å². The molecule has 3 atom stereocenters. The maximum Gasteiger partial charge on any atom is 0.247 e. The van der Waals surface area contributed by atoms with Crippen molar-refractivity contribution in [2.45, 2.75) is 44.8 Å². The first kappa shape index (κ1) is 15.1. The number of terminal acetylenes is 1. The third kappa shape index (κ3) is 3.08. The molecule has 0 saturated carbocycles. The lowest BCUT2D eigenvalue weighted by Gasteiger charge is -2.40. The average molecular weight is 284 g/mol. The summed E-state index contributed by atoms with van der Waals surface area (Å²) in [6.45, 7) is 3.63. The van der Waals surface area contributed by atoms with Crippen LogP contribution in [0.25, 0.3) is 0 Å². The Bertz CT molecular complexity index is 562. The van der Waals surface area contributed by atoms with Crippen LogP contribution in [0.5, 0.6) is 0 Å². The Morgan fingerprint density at radius 1 is 1.33 bits per heavy atom. The van der Waals surface area contributed by atoms with Crippen molar-refractivity contribution in [2.75, 3.05) is 0 Å². The molecule has 0 bridgehead atoms. The van der Waals surface area contributed by atoms with E-state index in [4.69, 9.17) is 6.42 Å². The van der Waals surface area contributed by atoms with E-state index in [1.54, 1.807) is 11.8 Å². The number of nitrogens with one attached hydrogen (secondary N) is 1. The lowest BCUT2D eigenvalue weighted by molar-refractivity contribution is -0.150. The number of nitrogens with zero attached hydrogens (tertiary/aromatic N) is 1. The maximum atomic E-state index is 12.7. The van der Waals surface area contributed by atoms with E-state index < -0.39 is 12.1 Å². The summed E-state index contributed by atoms with van der Waals surface area (Å²) in [4.78, 5) is 26.3. The van der Waals surface area contributed by atoms with Gasteiger partial charge in [0.2, 0.25) is 11.8 Å². The molecule has 1 N–H and O–H groups in total. The molecule has 1 saturated heterocycles. The van der Waals surface area contributed by atoms with E-state index in [1.807, 2.05) is 37.3 Å². The van der Waals surface area contributed by atoms with E-state index in [0.717, 1.165) is 5.56 Å². The van der Waals surface area contributed by atoms with Crippen LogP contribution in [-0.4, -0.2) is 34.8 Å². The molecule has 110 valence electrons. The lowest BCUT2D eigenvalue weighted by Crippen LogP contribution is -2.65. The highest BCUT2D eigenvalue weighted by atomic mass is 16.2. The summed E-state index contributed by atoms with van der Waals surface area (Å²) in [5.41, 5.74) is 1.01. The SMILES string of the molecule is C#CC(CC)N1C(=O)C(Cc2ccccc2)NC(=O)C1C. The predicted molar refractivity (Wildman–Crippen MR) is 81.3 cm³/mol. The van der Waals surface area contributed by atoms with E-state index in [-0.39, 0.29) is 17.9 Å². The summed E-state index contributed by atoms with van der Waals surface area (Å²) in [6, 6.07) is 8.24. The third-order valence-electron chi connectivity index (χ3n) is 3.86. The summed E-state index contributed by atoms with van der Waals surface area (Å²) in [6.07, 6.45) is 6.63. The molecule has 0 radical (unpaired) electrons. The van der Waals surface area contributed by atoms with E-state index in [1.165, 1.54) is 0 Å². The normalized spacial score (nSPS) is 23.4. The number of carbonyl (C=O) groups is 2. The topological polar surface area (TPSA) is 49.4 Å². The van der Waals surface area contributed by atoms with E-state index in [2.05, 4.69) is 11.2 Å². The molecule has 3 unspecified atom stereocenters. The minimum absolute atomic E-state index is 0.101. The van der Waals surface area contributed by atoms with Crippen molar-refractivity contribution in [3.05, 3.63) is 35.9 Å². The van der Waals surface area contributed by atoms with Gasteiger partial charge in [0.15, 0.2) is 0 Å². The van der Waals surface area contributed by atoms with Gasteiger partial charge in [0.05, 0.1) is 6.04 Å². The van der Waals surface area contributed by atoms with Gasteiger partial charge in [-0.05, 0) is 18.9 Å². The van der Waals surface area contributed by atoms with Crippen LogP contribution in [0.3, 0.4) is 0 Å². The Hall–Kier alpha value is -2.28. The summed E-state index contributed by atoms with van der Waals surface area (Å²) in [5, 5.41) is 2.80. The van der Waals surface area contributed by atoms with Crippen molar-refractivity contribution in [1.29, 1.82) is 0 Å². The van der Waals surface area contributed by atoms with Gasteiger partial charge < -0.3 is 10.2 Å². The predicted octanol–water partition coefficient (Wildman–Crippen LogP) is 1.36. The van der Waals surface area contributed by atoms with Crippen molar-refractivity contribution in [3.63, 3.8) is 0 Å². The third-order valence-corrected chi connectivity index (χ3v) is 3.86. The van der Waals surface area contributed by atoms with Crippen molar-refractivity contribution in [2.24, 2.45) is 0 Å². The number of benzene rings is 1. The molecule has 1 fully saturated rings. The molecule has 4 heteroatoms. The van der Waals surface area contributed by atoms with Crippen LogP contribution in [0, 0.1) is 12.3 Å². The van der Waals surface area contributed by atoms with Crippen molar-refractivity contribution >= 4 is 11.8 Å². The first-order valence-corrected chi connectivity index (χ1v) is 7.21. The highest BCUT2D eigenvalue weighted by Gasteiger charge is 2.40. The first-order chi connectivity index (χ1) is 10.1. The van der Waals surface area contributed by atoms with Crippen LogP contribution in [0.2, 0.25) is 0 Å². The van der Waals surface area contributed by atoms with Crippen LogP contribution in [0.4, 0.5) is 0 Å². The molecule has 1 aliphatic heterocycles. The number of piperazine rings is 1. The van der Waals surface area contributed by atoms with Gasteiger partial charge in [-0.1, -0.05) is 43.2 Å². The van der Waals surface area contributed by atoms with Gasteiger partial charge in [0.1, 0.15) is 12.1 Å². The zero-order valence-electron chi connectivity index (χ0n) is 12.4. The van der Waals surface area contributed by atoms with E-state index in [0.29, 0.717) is 12.8 Å². The smallest absolute Gasteiger partial charge is 0.247 e. The van der Waals surface area contributed by atoms with Gasteiger partial charge in [0.25, 0.3) is 0 Å². The monoisotopic (exact) mass is 284 g/mol. The van der Waals surface area contributed by atoms with Crippen molar-refractivity contribution in [1.82, 2.24) is 10.2 Å². The molecule has 2 amide bonds. The number of amides is 2. The number of hydrogen-bond donors (Lipinski definition) is 1. The quantitative estimate of drug-likeness (QED) is 0.849. The van der Waals surface area contributed by atoms with Crippen LogP contribution in [-0.2, 0) is 16.0 Å². The first-order valence-electron chi connectivity index (χ1n) is 7.21. The molecule has 1 heterocycles. The van der Waals surface area contributed by atoms with E-state index >= 15 is 0 Å². The van der Waals surface area contributed by atoms with Gasteiger partial charge in [-0.15, -0.1) is 6.42 Å². The molecular formula is C17H20N2O2. The Labute approximate surface area is 125 Å². The van der Waals surface area contributed by atoms with Crippen molar-refractivity contribution < 1.29 is 9.59 Å². The molecule has 4 nitrogen and oxygen atoms in total. The Morgan fingerprint density at radius 3 is 2.57 bits per heavy atom. The van der Waals surface area contributed by atoms with E-state index in [9.17, 15) is 9.59 Å². The van der Waals surface area contributed by atoms with Crippen LogP contribution >= 0.6 is 0 Å². The molecule has 21 heavy (non-hydrogen) atoms. The zero-order valence-corrected chi connectivity index (χ0v) is 12.4. The van der Waals surface area contributed by atoms with Crippen LogP contribution < -0.4 is 5.32 Å². The Morgan fingerprint density at radius 2 is 2.00 bits per heavy atom. The minimum Gasteiger partial charge on any atom is -0.342 e. The van der Waals surface area contributed by atoms with Gasteiger partial charge in [-0.3, -0.25) is 9.59 Å². The molecule has 0 aromatic heterocycles. The van der Waals surface area contributed by atoms with Gasteiger partial charge >= 0.3 is 0 Å². The molecule has 0 spiro atoms. The molecule has 1 aliphatic rings. The summed E-state index contributed by atoms with van der Waals surface area (Å²) in [7, 11) is 0. The average Bonchev–Trinajstić information content (AvgIpc) is 2.50. The molecule has 0 aliphatic carbocycles. The fourth-order valence-corrected chi connectivity index (χ4v) is 2.66. The Kier molecular flexibility index (Phi) is 4.64. The maximum absolute atomic E-state index is 12.7. The van der Waals surface area contributed by atoms with Crippen molar-refractivity contribution in [3.8, 4) is 12.3 Å². The molecule has 2 rings (SSSR count). The van der Waals surface area contributed by atoms with Gasteiger partial charge in [-0.2, -0.15) is 0 Å². The molecular weight excluding hydrogens is 264 g/mol. The van der Waals surface area contributed by atoms with Gasteiger partial charge in [-0.25, -0.2) is 0 Å². The summed E-state index contributed by atoms with van der Waals surface area (Å²) < 4.78 is 0. The fraction of sp³-hybridized carbons (Fsp3) is 0.412. The highest BCUT2D eigenvalue weighted by Crippen LogP contribution is 2.18. The summed E-state index contributed by atoms with van der Waals surface area (Å²) in [5.74, 6) is 2.36.